The molecule has 0 saturated carbocycles. The van der Waals surface area contributed by atoms with Crippen LogP contribution in [0.15, 0.2) is 36.4 Å². The minimum Gasteiger partial charge on any atom is -0.319 e. The maximum atomic E-state index is 12.8. The van der Waals surface area contributed by atoms with Gasteiger partial charge in [-0.1, -0.05) is 30.3 Å². The quantitative estimate of drug-likeness (QED) is 0.442. The molecule has 98 valence electrons. The van der Waals surface area contributed by atoms with E-state index in [0.717, 1.165) is 11.4 Å². The van der Waals surface area contributed by atoms with Gasteiger partial charge in [-0.15, -0.1) is 0 Å². The summed E-state index contributed by atoms with van der Waals surface area (Å²) in [4.78, 5) is 27.7. The maximum absolute atomic E-state index is 12.8. The largest absolute Gasteiger partial charge is 0.426 e. The summed E-state index contributed by atoms with van der Waals surface area (Å²) in [5.41, 5.74) is 0.590. The second-order valence-corrected chi connectivity index (χ2v) is 4.97. The van der Waals surface area contributed by atoms with E-state index in [1.54, 1.807) is 30.3 Å². The Bertz CT molecular complexity index is 498. The van der Waals surface area contributed by atoms with Gasteiger partial charge < -0.3 is 9.79 Å². The van der Waals surface area contributed by atoms with E-state index in [1.807, 2.05) is 0 Å². The molecule has 0 saturated heterocycles. The van der Waals surface area contributed by atoms with Crippen molar-refractivity contribution < 1.29 is 27.9 Å². The number of hydrogen-bond donors (Lipinski definition) is 3. The molecule has 0 fully saturated rings. The van der Waals surface area contributed by atoms with Gasteiger partial charge in [-0.25, -0.2) is 0 Å². The van der Waals surface area contributed by atoms with Gasteiger partial charge in [0.1, 0.15) is 0 Å². The zero-order valence-corrected chi connectivity index (χ0v) is 9.85. The normalized spacial score (nSPS) is 12.7. The molecule has 1 rings (SSSR count). The van der Waals surface area contributed by atoms with E-state index >= 15 is 0 Å². The SMILES string of the molecule is O=C(C=Cc1ccccc1)NC(F)(F)P(=O)(O)O. The Balaban J connectivity index is 2.69. The molecule has 0 aromatic heterocycles. The molecule has 8 heteroatoms. The third-order valence-corrected chi connectivity index (χ3v) is 2.71. The first-order valence-electron chi connectivity index (χ1n) is 4.71. The molecule has 0 aliphatic carbocycles. The van der Waals surface area contributed by atoms with Crippen molar-refractivity contribution in [1.82, 2.24) is 5.32 Å². The van der Waals surface area contributed by atoms with Crippen LogP contribution in [0.2, 0.25) is 0 Å². The third kappa shape index (κ3) is 4.03. The molecule has 18 heavy (non-hydrogen) atoms. The van der Waals surface area contributed by atoms with Crippen LogP contribution in [0.4, 0.5) is 8.78 Å². The summed E-state index contributed by atoms with van der Waals surface area (Å²) < 4.78 is 35.9. The highest BCUT2D eigenvalue weighted by Gasteiger charge is 2.49. The molecule has 0 atom stereocenters. The van der Waals surface area contributed by atoms with Crippen molar-refractivity contribution in [3.05, 3.63) is 42.0 Å². The highest BCUT2D eigenvalue weighted by atomic mass is 31.2. The molecule has 1 aromatic carbocycles. The summed E-state index contributed by atoms with van der Waals surface area (Å²) in [5, 5.41) is 0.944. The van der Waals surface area contributed by atoms with E-state index in [2.05, 4.69) is 0 Å². The lowest BCUT2D eigenvalue weighted by Gasteiger charge is -2.17. The van der Waals surface area contributed by atoms with Gasteiger partial charge in [0, 0.05) is 6.08 Å². The molecule has 0 spiro atoms. The number of hydrogen-bond acceptors (Lipinski definition) is 2. The van der Waals surface area contributed by atoms with Crippen molar-refractivity contribution in [2.45, 2.75) is 5.79 Å². The highest BCUT2D eigenvalue weighted by molar-refractivity contribution is 7.53. The number of alkyl halides is 2. The van der Waals surface area contributed by atoms with Gasteiger partial charge in [0.15, 0.2) is 0 Å². The van der Waals surface area contributed by atoms with Crippen LogP contribution in [0.1, 0.15) is 5.56 Å². The number of nitrogens with one attached hydrogen (secondary N) is 1. The Morgan fingerprint density at radius 3 is 2.33 bits per heavy atom. The molecular weight excluding hydrogens is 267 g/mol. The second-order valence-electron chi connectivity index (χ2n) is 3.32. The Hall–Kier alpha value is -1.56. The van der Waals surface area contributed by atoms with E-state index in [-0.39, 0.29) is 0 Å². The standard InChI is InChI=1S/C10H10F2NO4P/c11-10(12,18(15,16)17)13-9(14)7-6-8-4-2-1-3-5-8/h1-7H,(H,13,14)(H2,15,16,17). The fourth-order valence-electron chi connectivity index (χ4n) is 0.999. The van der Waals surface area contributed by atoms with Gasteiger partial charge in [-0.3, -0.25) is 14.7 Å². The molecule has 0 bridgehead atoms. The summed E-state index contributed by atoms with van der Waals surface area (Å²) in [6.07, 6.45) is 2.00. The molecule has 5 nitrogen and oxygen atoms in total. The third-order valence-electron chi connectivity index (χ3n) is 1.87. The van der Waals surface area contributed by atoms with Crippen molar-refractivity contribution in [2.75, 3.05) is 0 Å². The highest BCUT2D eigenvalue weighted by Crippen LogP contribution is 2.50. The van der Waals surface area contributed by atoms with E-state index < -0.39 is 19.3 Å². The number of carbonyl (C=O) groups excluding carboxylic acids is 1. The lowest BCUT2D eigenvalue weighted by molar-refractivity contribution is -0.122. The fourth-order valence-corrected chi connectivity index (χ4v) is 1.25. The molecule has 0 radical (unpaired) electrons. The number of halogens is 2. The average molecular weight is 277 g/mol. The van der Waals surface area contributed by atoms with Crippen LogP contribution in [0.25, 0.3) is 6.08 Å². The van der Waals surface area contributed by atoms with Gasteiger partial charge in [0.2, 0.25) is 5.91 Å². The summed E-state index contributed by atoms with van der Waals surface area (Å²) >= 11 is 0. The molecule has 0 heterocycles. The van der Waals surface area contributed by atoms with Gasteiger partial charge in [0.25, 0.3) is 0 Å². The summed E-state index contributed by atoms with van der Waals surface area (Å²) in [6.45, 7) is 0. The Labute approximate surface area is 101 Å². The fraction of sp³-hybridized carbons (Fsp3) is 0.100. The van der Waals surface area contributed by atoms with Crippen LogP contribution in [0, 0.1) is 0 Å². The molecule has 1 aromatic rings. The lowest BCUT2D eigenvalue weighted by Crippen LogP contribution is -2.39. The lowest BCUT2D eigenvalue weighted by atomic mass is 10.2. The molecule has 0 aliphatic heterocycles. The van der Waals surface area contributed by atoms with Crippen molar-refractivity contribution in [2.24, 2.45) is 0 Å². The number of rotatable bonds is 4. The van der Waals surface area contributed by atoms with Gasteiger partial charge in [-0.05, 0) is 11.6 Å². The summed E-state index contributed by atoms with van der Waals surface area (Å²) in [6, 6.07) is 8.36. The Kier molecular flexibility index (Phi) is 4.34. The smallest absolute Gasteiger partial charge is 0.319 e. The van der Waals surface area contributed by atoms with E-state index in [0.29, 0.717) is 5.56 Å². The predicted molar refractivity (Wildman–Crippen MR) is 60.6 cm³/mol. The minimum atomic E-state index is -5.72. The monoisotopic (exact) mass is 277 g/mol. The average Bonchev–Trinajstić information content (AvgIpc) is 2.26. The second kappa shape index (κ2) is 5.39. The zero-order valence-electron chi connectivity index (χ0n) is 8.96. The van der Waals surface area contributed by atoms with Crippen LogP contribution >= 0.6 is 7.60 Å². The predicted octanol–water partition coefficient (Wildman–Crippen LogP) is 1.54. The van der Waals surface area contributed by atoms with E-state index in [4.69, 9.17) is 9.79 Å². The van der Waals surface area contributed by atoms with Gasteiger partial charge in [0.05, 0.1) is 0 Å². The number of amides is 1. The molecule has 1 amide bonds. The first-order valence-corrected chi connectivity index (χ1v) is 6.32. The number of benzene rings is 1. The Morgan fingerprint density at radius 2 is 1.83 bits per heavy atom. The topological polar surface area (TPSA) is 86.6 Å². The van der Waals surface area contributed by atoms with E-state index in [1.165, 1.54) is 6.08 Å². The first-order chi connectivity index (χ1) is 8.22. The maximum Gasteiger partial charge on any atom is 0.426 e. The van der Waals surface area contributed by atoms with E-state index in [9.17, 15) is 18.1 Å². The number of carbonyl (C=O) groups is 1. The summed E-state index contributed by atoms with van der Waals surface area (Å²) in [5.74, 6) is -5.88. The minimum absolute atomic E-state index is 0.590. The molecular formula is C10H10F2NO4P. The molecule has 3 N–H and O–H groups in total. The van der Waals surface area contributed by atoms with Crippen LogP contribution in [-0.2, 0) is 9.36 Å². The summed E-state index contributed by atoms with van der Waals surface area (Å²) in [7, 11) is -5.72. The zero-order chi connectivity index (χ0) is 13.8. The van der Waals surface area contributed by atoms with Crippen LogP contribution in [0.5, 0.6) is 0 Å². The van der Waals surface area contributed by atoms with Gasteiger partial charge in [-0.2, -0.15) is 8.78 Å². The van der Waals surface area contributed by atoms with Gasteiger partial charge >= 0.3 is 13.4 Å². The Morgan fingerprint density at radius 1 is 1.28 bits per heavy atom. The van der Waals surface area contributed by atoms with Crippen LogP contribution in [-0.4, -0.2) is 21.5 Å². The molecule has 0 aliphatic rings. The first kappa shape index (κ1) is 14.5. The van der Waals surface area contributed by atoms with Crippen molar-refractivity contribution in [3.63, 3.8) is 0 Å². The van der Waals surface area contributed by atoms with Crippen molar-refractivity contribution in [1.29, 1.82) is 0 Å². The molecule has 0 unspecified atom stereocenters. The van der Waals surface area contributed by atoms with Crippen molar-refractivity contribution >= 4 is 19.6 Å². The van der Waals surface area contributed by atoms with Crippen molar-refractivity contribution in [3.8, 4) is 0 Å². The van der Waals surface area contributed by atoms with Crippen LogP contribution in [0.3, 0.4) is 0 Å². The van der Waals surface area contributed by atoms with Crippen LogP contribution < -0.4 is 5.32 Å².